The Balaban J connectivity index is 1.90. The largest absolute Gasteiger partial charge is 0.481 e. The lowest BCUT2D eigenvalue weighted by Gasteiger charge is -2.27. The number of nitrogens with zero attached hydrogens (tertiary/aromatic N) is 1. The number of hydrogen-bond acceptors (Lipinski definition) is 4. The summed E-state index contributed by atoms with van der Waals surface area (Å²) < 4.78 is 33.1. The predicted octanol–water partition coefficient (Wildman–Crippen LogP) is -0.594. The van der Waals surface area contributed by atoms with Crippen LogP contribution in [0.4, 0.5) is 0 Å². The van der Waals surface area contributed by atoms with Gasteiger partial charge in [-0.25, -0.2) is 0 Å². The second kappa shape index (κ2) is 5.52. The van der Waals surface area contributed by atoms with Gasteiger partial charge in [0.15, 0.2) is 0 Å². The van der Waals surface area contributed by atoms with Crippen molar-refractivity contribution in [3.8, 4) is 0 Å². The van der Waals surface area contributed by atoms with Crippen molar-refractivity contribution >= 4 is 16.2 Å². The van der Waals surface area contributed by atoms with Crippen LogP contribution in [-0.2, 0) is 19.7 Å². The third-order valence-electron chi connectivity index (χ3n) is 3.41. The Bertz CT molecular complexity index is 404. The van der Waals surface area contributed by atoms with Crippen molar-refractivity contribution in [2.24, 2.45) is 5.92 Å². The van der Waals surface area contributed by atoms with E-state index in [1.807, 2.05) is 0 Å². The maximum Gasteiger partial charge on any atom is 0.306 e. The van der Waals surface area contributed by atoms with E-state index in [4.69, 9.17) is 9.84 Å². The molecule has 2 atom stereocenters. The number of carbonyl (C=O) groups is 1. The van der Waals surface area contributed by atoms with Crippen LogP contribution in [0.5, 0.6) is 0 Å². The summed E-state index contributed by atoms with van der Waals surface area (Å²) in [6, 6.07) is -0.265. The topological polar surface area (TPSA) is 95.9 Å². The molecular weight excluding hydrogens is 260 g/mol. The lowest BCUT2D eigenvalue weighted by molar-refractivity contribution is -0.141. The lowest BCUT2D eigenvalue weighted by atomic mass is 10.1. The van der Waals surface area contributed by atoms with Crippen LogP contribution in [0.3, 0.4) is 0 Å². The fourth-order valence-electron chi connectivity index (χ4n) is 2.38. The van der Waals surface area contributed by atoms with Gasteiger partial charge in [0.05, 0.1) is 19.1 Å². The number of hydrogen-bond donors (Lipinski definition) is 2. The Labute approximate surface area is 106 Å². The van der Waals surface area contributed by atoms with Crippen molar-refractivity contribution in [3.63, 3.8) is 0 Å². The number of ether oxygens (including phenoxy) is 1. The van der Waals surface area contributed by atoms with Gasteiger partial charge in [0.2, 0.25) is 0 Å². The van der Waals surface area contributed by atoms with Gasteiger partial charge in [0, 0.05) is 19.1 Å². The quantitative estimate of drug-likeness (QED) is 0.716. The second-order valence-electron chi connectivity index (χ2n) is 4.68. The summed E-state index contributed by atoms with van der Waals surface area (Å²) >= 11 is 0. The minimum absolute atomic E-state index is 0.265. The monoisotopic (exact) mass is 278 g/mol. The van der Waals surface area contributed by atoms with Gasteiger partial charge in [-0.05, 0) is 19.3 Å². The smallest absolute Gasteiger partial charge is 0.306 e. The number of aliphatic carboxylic acids is 1. The standard InChI is InChI=1S/C10H18N2O5S/c13-10(14)8-1-2-9(7-8)11-18(15,16)12-3-5-17-6-4-12/h8-9,11H,1-7H2,(H,13,14). The van der Waals surface area contributed by atoms with Crippen LogP contribution in [0.1, 0.15) is 19.3 Å². The normalized spacial score (nSPS) is 30.4. The van der Waals surface area contributed by atoms with Gasteiger partial charge in [-0.1, -0.05) is 0 Å². The van der Waals surface area contributed by atoms with E-state index in [-0.39, 0.29) is 6.04 Å². The summed E-state index contributed by atoms with van der Waals surface area (Å²) in [5.41, 5.74) is 0. The van der Waals surface area contributed by atoms with Crippen LogP contribution in [0.2, 0.25) is 0 Å². The highest BCUT2D eigenvalue weighted by atomic mass is 32.2. The lowest BCUT2D eigenvalue weighted by Crippen LogP contribution is -2.49. The van der Waals surface area contributed by atoms with Crippen LogP contribution < -0.4 is 4.72 Å². The zero-order valence-electron chi connectivity index (χ0n) is 10.0. The molecule has 2 rings (SSSR count). The van der Waals surface area contributed by atoms with Crippen molar-refractivity contribution in [1.82, 2.24) is 9.03 Å². The Morgan fingerprint density at radius 2 is 1.94 bits per heavy atom. The molecule has 0 amide bonds. The third kappa shape index (κ3) is 3.19. The highest BCUT2D eigenvalue weighted by molar-refractivity contribution is 7.87. The van der Waals surface area contributed by atoms with Crippen molar-refractivity contribution in [2.75, 3.05) is 26.3 Å². The number of carboxylic acid groups (broad SMARTS) is 1. The predicted molar refractivity (Wildman–Crippen MR) is 63.2 cm³/mol. The van der Waals surface area contributed by atoms with Gasteiger partial charge in [-0.2, -0.15) is 17.4 Å². The molecule has 0 aromatic carbocycles. The van der Waals surface area contributed by atoms with Crippen LogP contribution in [0, 0.1) is 5.92 Å². The summed E-state index contributed by atoms with van der Waals surface area (Å²) in [4.78, 5) is 10.8. The number of morpholine rings is 1. The highest BCUT2D eigenvalue weighted by Gasteiger charge is 2.34. The second-order valence-corrected chi connectivity index (χ2v) is 6.38. The molecule has 1 aliphatic heterocycles. The molecule has 8 heteroatoms. The molecule has 0 aromatic heterocycles. The summed E-state index contributed by atoms with van der Waals surface area (Å²) in [5, 5.41) is 8.87. The van der Waals surface area contributed by atoms with Gasteiger partial charge in [0.1, 0.15) is 0 Å². The first kappa shape index (κ1) is 13.7. The maximum atomic E-state index is 12.0. The van der Waals surface area contributed by atoms with Gasteiger partial charge in [-0.3, -0.25) is 4.79 Å². The van der Waals surface area contributed by atoms with E-state index >= 15 is 0 Å². The number of nitrogens with one attached hydrogen (secondary N) is 1. The molecule has 0 radical (unpaired) electrons. The SMILES string of the molecule is O=C(O)C1CCC(NS(=O)(=O)N2CCOCC2)C1. The molecule has 0 spiro atoms. The van der Waals surface area contributed by atoms with Crippen molar-refractivity contribution in [1.29, 1.82) is 0 Å². The fraction of sp³-hybridized carbons (Fsp3) is 0.900. The average molecular weight is 278 g/mol. The minimum Gasteiger partial charge on any atom is -0.481 e. The molecule has 104 valence electrons. The van der Waals surface area contributed by atoms with Crippen molar-refractivity contribution in [2.45, 2.75) is 25.3 Å². The highest BCUT2D eigenvalue weighted by Crippen LogP contribution is 2.26. The van der Waals surface area contributed by atoms with E-state index in [1.165, 1.54) is 4.31 Å². The molecule has 0 bridgehead atoms. The van der Waals surface area contributed by atoms with Crippen molar-refractivity contribution < 1.29 is 23.1 Å². The molecular formula is C10H18N2O5S. The van der Waals surface area contributed by atoms with Crippen LogP contribution in [0.25, 0.3) is 0 Å². The Morgan fingerprint density at radius 1 is 1.28 bits per heavy atom. The first-order valence-electron chi connectivity index (χ1n) is 6.07. The number of carboxylic acids is 1. The zero-order valence-corrected chi connectivity index (χ0v) is 10.9. The molecule has 2 N–H and O–H groups in total. The summed E-state index contributed by atoms with van der Waals surface area (Å²) in [5.74, 6) is -1.27. The number of rotatable bonds is 4. The van der Waals surface area contributed by atoms with Gasteiger partial charge < -0.3 is 9.84 Å². The van der Waals surface area contributed by atoms with Gasteiger partial charge in [0.25, 0.3) is 10.2 Å². The molecule has 1 saturated carbocycles. The molecule has 1 saturated heterocycles. The summed E-state index contributed by atoms with van der Waals surface area (Å²) in [6.07, 6.45) is 1.49. The summed E-state index contributed by atoms with van der Waals surface area (Å²) in [7, 11) is -3.51. The third-order valence-corrected chi connectivity index (χ3v) is 5.08. The van der Waals surface area contributed by atoms with E-state index in [9.17, 15) is 13.2 Å². The minimum atomic E-state index is -3.51. The molecule has 0 aromatic rings. The van der Waals surface area contributed by atoms with E-state index in [0.29, 0.717) is 45.6 Å². The van der Waals surface area contributed by atoms with E-state index < -0.39 is 22.1 Å². The Hall–Kier alpha value is -0.700. The average Bonchev–Trinajstić information content (AvgIpc) is 2.78. The van der Waals surface area contributed by atoms with Crippen LogP contribution >= 0.6 is 0 Å². The Kier molecular flexibility index (Phi) is 4.21. The molecule has 18 heavy (non-hydrogen) atoms. The zero-order chi connectivity index (χ0) is 13.2. The van der Waals surface area contributed by atoms with E-state index in [1.54, 1.807) is 0 Å². The molecule has 1 aliphatic carbocycles. The first-order chi connectivity index (χ1) is 8.49. The molecule has 2 unspecified atom stereocenters. The summed E-state index contributed by atoms with van der Waals surface area (Å²) in [6.45, 7) is 1.52. The van der Waals surface area contributed by atoms with Crippen LogP contribution in [0.15, 0.2) is 0 Å². The van der Waals surface area contributed by atoms with Crippen molar-refractivity contribution in [3.05, 3.63) is 0 Å². The van der Waals surface area contributed by atoms with E-state index in [2.05, 4.69) is 4.72 Å². The molecule has 2 fully saturated rings. The molecule has 2 aliphatic rings. The van der Waals surface area contributed by atoms with Crippen LogP contribution in [-0.4, -0.2) is 56.1 Å². The fourth-order valence-corrected chi connectivity index (χ4v) is 3.80. The first-order valence-corrected chi connectivity index (χ1v) is 7.51. The van der Waals surface area contributed by atoms with Gasteiger partial charge >= 0.3 is 5.97 Å². The molecule has 1 heterocycles. The Morgan fingerprint density at radius 3 is 2.50 bits per heavy atom. The van der Waals surface area contributed by atoms with E-state index in [0.717, 1.165) is 0 Å². The molecule has 7 nitrogen and oxygen atoms in total. The van der Waals surface area contributed by atoms with Gasteiger partial charge in [-0.15, -0.1) is 0 Å². The maximum absolute atomic E-state index is 12.0.